The molecule has 1 radical (unpaired) electrons. The second-order valence-electron chi connectivity index (χ2n) is 2.27. The Bertz CT molecular complexity index is 256. The first-order chi connectivity index (χ1) is 6.65. The van der Waals surface area contributed by atoms with Gasteiger partial charge in [-0.1, -0.05) is 12.1 Å². The van der Waals surface area contributed by atoms with Crippen molar-refractivity contribution in [2.24, 2.45) is 0 Å². The fourth-order valence-corrected chi connectivity index (χ4v) is 0.802. The zero-order valence-corrected chi connectivity index (χ0v) is 7.66. The number of hydrogen-bond donors (Lipinski definition) is 4. The summed E-state index contributed by atoms with van der Waals surface area (Å²) in [5.74, 6) is 0.621. The van der Waals surface area contributed by atoms with E-state index in [4.69, 9.17) is 24.8 Å². The van der Waals surface area contributed by atoms with Crippen LogP contribution in [0.4, 0.5) is 0 Å². The van der Waals surface area contributed by atoms with Gasteiger partial charge in [-0.05, 0) is 17.6 Å². The van der Waals surface area contributed by atoms with Crippen molar-refractivity contribution in [1.82, 2.24) is 0 Å². The standard InChI is InChI=1S/C7H9BO3.BH2O2/c1-11-7-4-2-3-6(5-7)8(9)10;2-1-3/h2-5,9-10H,1H3;2-3H. The molecule has 4 N–H and O–H groups in total. The van der Waals surface area contributed by atoms with Crippen LogP contribution in [-0.4, -0.2) is 42.0 Å². The zero-order chi connectivity index (χ0) is 11.0. The first-order valence-electron chi connectivity index (χ1n) is 3.76. The van der Waals surface area contributed by atoms with E-state index < -0.39 is 7.12 Å². The second kappa shape index (κ2) is 7.40. The molecule has 0 aromatic heterocycles. The molecule has 0 bridgehead atoms. The van der Waals surface area contributed by atoms with Gasteiger partial charge >= 0.3 is 14.8 Å². The Morgan fingerprint density at radius 2 is 1.86 bits per heavy atom. The van der Waals surface area contributed by atoms with Crippen molar-refractivity contribution in [3.8, 4) is 5.75 Å². The number of hydrogen-bond acceptors (Lipinski definition) is 5. The molecule has 0 atom stereocenters. The SMILES string of the molecule is COc1cccc(B(O)O)c1.O[B]O. The first-order valence-corrected chi connectivity index (χ1v) is 3.76. The highest BCUT2D eigenvalue weighted by Gasteiger charge is 2.10. The third-order valence-electron chi connectivity index (χ3n) is 1.39. The molecule has 1 aromatic rings. The lowest BCUT2D eigenvalue weighted by atomic mass is 9.80. The summed E-state index contributed by atoms with van der Waals surface area (Å²) >= 11 is 0. The van der Waals surface area contributed by atoms with Gasteiger partial charge in [0.2, 0.25) is 0 Å². The quantitative estimate of drug-likeness (QED) is 0.407. The molecule has 14 heavy (non-hydrogen) atoms. The fraction of sp³-hybridized carbons (Fsp3) is 0.143. The molecule has 0 aliphatic heterocycles. The molecule has 0 saturated carbocycles. The van der Waals surface area contributed by atoms with Crippen molar-refractivity contribution < 1.29 is 24.8 Å². The molecule has 5 nitrogen and oxygen atoms in total. The number of rotatable bonds is 2. The van der Waals surface area contributed by atoms with Crippen LogP contribution >= 0.6 is 0 Å². The Morgan fingerprint density at radius 3 is 2.29 bits per heavy atom. The smallest absolute Gasteiger partial charge is 0.488 e. The molecular formula is C7H11B2O5. The van der Waals surface area contributed by atoms with Crippen LogP contribution in [0.25, 0.3) is 0 Å². The minimum atomic E-state index is -1.43. The van der Waals surface area contributed by atoms with Crippen LogP contribution < -0.4 is 10.2 Å². The van der Waals surface area contributed by atoms with Crippen molar-refractivity contribution >= 4 is 20.3 Å². The Balaban J connectivity index is 0.000000500. The highest BCUT2D eigenvalue weighted by molar-refractivity contribution is 6.58. The van der Waals surface area contributed by atoms with Gasteiger partial charge < -0.3 is 24.8 Å². The summed E-state index contributed by atoms with van der Waals surface area (Å²) in [6, 6.07) is 6.64. The Kier molecular flexibility index (Phi) is 6.87. The normalized spacial score (nSPS) is 8.36. The van der Waals surface area contributed by atoms with E-state index in [0.717, 1.165) is 0 Å². The summed E-state index contributed by atoms with van der Waals surface area (Å²) in [5.41, 5.74) is 0.435. The summed E-state index contributed by atoms with van der Waals surface area (Å²) in [7, 11) is 0.105. The topological polar surface area (TPSA) is 90.2 Å². The fourth-order valence-electron chi connectivity index (χ4n) is 0.802. The van der Waals surface area contributed by atoms with Crippen LogP contribution in [0.3, 0.4) is 0 Å². The van der Waals surface area contributed by atoms with Gasteiger partial charge in [-0.2, -0.15) is 0 Å². The summed E-state index contributed by atoms with van der Waals surface area (Å²) < 4.78 is 4.88. The first kappa shape index (κ1) is 13.0. The highest BCUT2D eigenvalue weighted by Crippen LogP contribution is 2.05. The molecule has 1 rings (SSSR count). The number of ether oxygens (including phenoxy) is 1. The third-order valence-corrected chi connectivity index (χ3v) is 1.39. The predicted octanol–water partition coefficient (Wildman–Crippen LogP) is -2.12. The number of benzene rings is 1. The van der Waals surface area contributed by atoms with Crippen LogP contribution in [0.2, 0.25) is 0 Å². The Morgan fingerprint density at radius 1 is 1.29 bits per heavy atom. The molecule has 0 unspecified atom stereocenters. The zero-order valence-electron chi connectivity index (χ0n) is 7.66. The monoisotopic (exact) mass is 197 g/mol. The maximum Gasteiger partial charge on any atom is 0.488 e. The molecular weight excluding hydrogens is 186 g/mol. The van der Waals surface area contributed by atoms with Gasteiger partial charge in [0, 0.05) is 0 Å². The largest absolute Gasteiger partial charge is 0.497 e. The molecule has 0 heterocycles. The van der Waals surface area contributed by atoms with Gasteiger partial charge in [0.1, 0.15) is 5.75 Å². The van der Waals surface area contributed by atoms with Crippen molar-refractivity contribution in [3.63, 3.8) is 0 Å². The molecule has 0 fully saturated rings. The van der Waals surface area contributed by atoms with E-state index in [1.807, 2.05) is 0 Å². The lowest BCUT2D eigenvalue weighted by Gasteiger charge is -2.01. The van der Waals surface area contributed by atoms with Crippen molar-refractivity contribution in [2.45, 2.75) is 0 Å². The summed E-state index contributed by atoms with van der Waals surface area (Å²) in [4.78, 5) is 0. The van der Waals surface area contributed by atoms with Crippen LogP contribution in [0.5, 0.6) is 5.75 Å². The Hall–Kier alpha value is -1.01. The van der Waals surface area contributed by atoms with Gasteiger partial charge in [-0.3, -0.25) is 0 Å². The van der Waals surface area contributed by atoms with Gasteiger partial charge in [-0.15, -0.1) is 0 Å². The van der Waals surface area contributed by atoms with Crippen molar-refractivity contribution in [3.05, 3.63) is 24.3 Å². The summed E-state index contributed by atoms with van der Waals surface area (Å²) in [6.07, 6.45) is 0. The maximum absolute atomic E-state index is 8.74. The van der Waals surface area contributed by atoms with E-state index in [1.165, 1.54) is 7.11 Å². The van der Waals surface area contributed by atoms with E-state index in [2.05, 4.69) is 0 Å². The highest BCUT2D eigenvalue weighted by atomic mass is 16.5. The van der Waals surface area contributed by atoms with Gasteiger partial charge in [0.15, 0.2) is 0 Å². The van der Waals surface area contributed by atoms with Crippen LogP contribution in [0, 0.1) is 0 Å². The minimum absolute atomic E-state index is 0. The van der Waals surface area contributed by atoms with Crippen molar-refractivity contribution in [1.29, 1.82) is 0 Å². The lowest BCUT2D eigenvalue weighted by molar-refractivity contribution is 0.412. The molecule has 0 saturated heterocycles. The predicted molar refractivity (Wildman–Crippen MR) is 53.0 cm³/mol. The molecule has 75 valence electrons. The second-order valence-corrected chi connectivity index (χ2v) is 2.27. The average Bonchev–Trinajstić information content (AvgIpc) is 2.19. The van der Waals surface area contributed by atoms with E-state index in [9.17, 15) is 0 Å². The lowest BCUT2D eigenvalue weighted by Crippen LogP contribution is -2.29. The van der Waals surface area contributed by atoms with E-state index in [-0.39, 0.29) is 7.69 Å². The van der Waals surface area contributed by atoms with Gasteiger partial charge in [0.25, 0.3) is 0 Å². The minimum Gasteiger partial charge on any atom is -0.497 e. The van der Waals surface area contributed by atoms with Crippen molar-refractivity contribution in [2.75, 3.05) is 7.11 Å². The van der Waals surface area contributed by atoms with Gasteiger partial charge in [0.05, 0.1) is 7.11 Å². The average molecular weight is 197 g/mol. The van der Waals surface area contributed by atoms with E-state index in [1.54, 1.807) is 24.3 Å². The number of methoxy groups -OCH3 is 1. The molecule has 0 aliphatic rings. The molecule has 0 aliphatic carbocycles. The molecule has 7 heteroatoms. The van der Waals surface area contributed by atoms with Gasteiger partial charge in [-0.25, -0.2) is 0 Å². The summed E-state index contributed by atoms with van der Waals surface area (Å²) in [5, 5.41) is 31.5. The molecule has 0 spiro atoms. The van der Waals surface area contributed by atoms with Crippen LogP contribution in [-0.2, 0) is 0 Å². The summed E-state index contributed by atoms with van der Waals surface area (Å²) in [6.45, 7) is 0. The third kappa shape index (κ3) is 4.88. The van der Waals surface area contributed by atoms with Crippen LogP contribution in [0.1, 0.15) is 0 Å². The van der Waals surface area contributed by atoms with E-state index in [0.29, 0.717) is 11.2 Å². The molecule has 1 aromatic carbocycles. The van der Waals surface area contributed by atoms with Crippen LogP contribution in [0.15, 0.2) is 24.3 Å². The Labute approximate surface area is 83.0 Å². The molecule has 0 amide bonds. The maximum atomic E-state index is 8.74. The van der Waals surface area contributed by atoms with E-state index >= 15 is 0 Å².